The number of hydrogen-bond acceptors (Lipinski definition) is 7. The molecule has 0 fully saturated rings. The van der Waals surface area contributed by atoms with Crippen molar-refractivity contribution in [2.75, 3.05) is 26.8 Å². The van der Waals surface area contributed by atoms with E-state index < -0.39 is 0 Å². The van der Waals surface area contributed by atoms with Crippen molar-refractivity contribution in [1.29, 1.82) is 0 Å². The molecule has 2 aromatic heterocycles. The van der Waals surface area contributed by atoms with E-state index in [4.69, 9.17) is 9.15 Å². The number of ether oxygens (including phenoxy) is 1. The fourth-order valence-electron chi connectivity index (χ4n) is 2.50. The topological polar surface area (TPSA) is 80.5 Å². The Balaban J connectivity index is 1.55. The lowest BCUT2D eigenvalue weighted by molar-refractivity contribution is -0.122. The van der Waals surface area contributed by atoms with E-state index in [0.717, 1.165) is 10.4 Å². The Kier molecular flexibility index (Phi) is 7.09. The summed E-state index contributed by atoms with van der Waals surface area (Å²) in [6.45, 7) is 2.22. The molecule has 3 aromatic rings. The number of rotatable bonds is 10. The van der Waals surface area contributed by atoms with Gasteiger partial charge in [0.25, 0.3) is 5.89 Å². The highest BCUT2D eigenvalue weighted by Crippen LogP contribution is 2.23. The van der Waals surface area contributed by atoms with Crippen LogP contribution in [0, 0.1) is 0 Å². The fourth-order valence-corrected chi connectivity index (χ4v) is 3.14. The van der Waals surface area contributed by atoms with E-state index in [0.29, 0.717) is 38.0 Å². The van der Waals surface area contributed by atoms with E-state index >= 15 is 0 Å². The monoisotopic (exact) mass is 386 g/mol. The van der Waals surface area contributed by atoms with Gasteiger partial charge in [-0.3, -0.25) is 9.69 Å². The van der Waals surface area contributed by atoms with Crippen LogP contribution in [0.1, 0.15) is 11.5 Å². The molecule has 0 unspecified atom stereocenters. The zero-order valence-corrected chi connectivity index (χ0v) is 15.9. The Labute approximate surface area is 162 Å². The van der Waals surface area contributed by atoms with Crippen molar-refractivity contribution in [2.24, 2.45) is 0 Å². The highest BCUT2D eigenvalue weighted by Gasteiger charge is 2.16. The summed E-state index contributed by atoms with van der Waals surface area (Å²) in [5.74, 6) is 0.915. The summed E-state index contributed by atoms with van der Waals surface area (Å²) in [6.07, 6.45) is 0. The van der Waals surface area contributed by atoms with E-state index in [1.807, 2.05) is 52.7 Å². The number of nitrogens with zero attached hydrogens (tertiary/aromatic N) is 3. The Morgan fingerprint density at radius 3 is 2.81 bits per heavy atom. The van der Waals surface area contributed by atoms with Gasteiger partial charge in [-0.2, -0.15) is 0 Å². The van der Waals surface area contributed by atoms with Crippen LogP contribution in [0.25, 0.3) is 10.8 Å². The van der Waals surface area contributed by atoms with Crippen LogP contribution in [-0.4, -0.2) is 47.8 Å². The zero-order chi connectivity index (χ0) is 18.9. The molecule has 1 N–H and O–H groups in total. The largest absolute Gasteiger partial charge is 0.419 e. The van der Waals surface area contributed by atoms with Gasteiger partial charge in [-0.1, -0.05) is 36.4 Å². The second-order valence-corrected chi connectivity index (χ2v) is 6.89. The molecule has 0 radical (unpaired) electrons. The molecule has 7 nitrogen and oxygen atoms in total. The minimum absolute atomic E-state index is 0.0621. The van der Waals surface area contributed by atoms with Gasteiger partial charge in [-0.25, -0.2) is 0 Å². The number of amides is 1. The minimum Gasteiger partial charge on any atom is -0.419 e. The minimum atomic E-state index is -0.0621. The maximum atomic E-state index is 12.3. The van der Waals surface area contributed by atoms with E-state index in [-0.39, 0.29) is 12.5 Å². The lowest BCUT2D eigenvalue weighted by Gasteiger charge is -2.19. The van der Waals surface area contributed by atoms with Gasteiger partial charge >= 0.3 is 0 Å². The van der Waals surface area contributed by atoms with Gasteiger partial charge in [0.05, 0.1) is 24.6 Å². The number of nitrogens with one attached hydrogen (secondary N) is 1. The van der Waals surface area contributed by atoms with E-state index in [1.54, 1.807) is 18.4 Å². The highest BCUT2D eigenvalue weighted by molar-refractivity contribution is 7.13. The smallest absolute Gasteiger partial charge is 0.257 e. The van der Waals surface area contributed by atoms with Crippen LogP contribution in [0.3, 0.4) is 0 Å². The molecule has 8 heteroatoms. The average Bonchev–Trinajstić information content (AvgIpc) is 3.37. The molecule has 0 aliphatic heterocycles. The van der Waals surface area contributed by atoms with Gasteiger partial charge in [0.2, 0.25) is 11.8 Å². The van der Waals surface area contributed by atoms with Crippen molar-refractivity contribution in [3.63, 3.8) is 0 Å². The van der Waals surface area contributed by atoms with Crippen LogP contribution < -0.4 is 5.32 Å². The van der Waals surface area contributed by atoms with Crippen LogP contribution >= 0.6 is 11.3 Å². The van der Waals surface area contributed by atoms with Crippen LogP contribution in [0.2, 0.25) is 0 Å². The molecule has 2 heterocycles. The predicted molar refractivity (Wildman–Crippen MR) is 103 cm³/mol. The predicted octanol–water partition coefficient (Wildman–Crippen LogP) is 2.56. The summed E-state index contributed by atoms with van der Waals surface area (Å²) in [4.78, 5) is 15.2. The van der Waals surface area contributed by atoms with Gasteiger partial charge in [0, 0.05) is 20.2 Å². The molecule has 0 aliphatic rings. The first-order chi connectivity index (χ1) is 13.2. The molecular formula is C19H22N4O3S. The van der Waals surface area contributed by atoms with Crippen LogP contribution in [0.4, 0.5) is 0 Å². The summed E-state index contributed by atoms with van der Waals surface area (Å²) in [5.41, 5.74) is 1.06. The molecule has 142 valence electrons. The molecule has 1 amide bonds. The number of aromatic nitrogens is 2. The molecule has 27 heavy (non-hydrogen) atoms. The second kappa shape index (κ2) is 9.96. The Hall–Kier alpha value is -2.55. The van der Waals surface area contributed by atoms with Crippen LogP contribution in [0.15, 0.2) is 52.3 Å². The molecule has 0 saturated carbocycles. The third-order valence-electron chi connectivity index (χ3n) is 3.87. The van der Waals surface area contributed by atoms with E-state index in [9.17, 15) is 4.79 Å². The van der Waals surface area contributed by atoms with Crippen LogP contribution in [0.5, 0.6) is 0 Å². The Bertz CT molecular complexity index is 821. The molecule has 0 atom stereocenters. The van der Waals surface area contributed by atoms with Gasteiger partial charge in [0.15, 0.2) is 0 Å². The number of carbonyl (C=O) groups excluding carboxylic acids is 1. The van der Waals surface area contributed by atoms with Gasteiger partial charge in [-0.05, 0) is 17.0 Å². The van der Waals surface area contributed by atoms with Crippen molar-refractivity contribution in [1.82, 2.24) is 20.4 Å². The maximum Gasteiger partial charge on any atom is 0.257 e. The molecule has 0 saturated heterocycles. The summed E-state index contributed by atoms with van der Waals surface area (Å²) < 4.78 is 10.9. The summed E-state index contributed by atoms with van der Waals surface area (Å²) in [5, 5.41) is 13.1. The van der Waals surface area contributed by atoms with Crippen molar-refractivity contribution in [3.8, 4) is 10.8 Å². The Morgan fingerprint density at radius 1 is 1.22 bits per heavy atom. The average molecular weight is 386 g/mol. The van der Waals surface area contributed by atoms with Crippen molar-refractivity contribution in [2.45, 2.75) is 13.1 Å². The maximum absolute atomic E-state index is 12.3. The molecule has 1 aromatic carbocycles. The lowest BCUT2D eigenvalue weighted by atomic mass is 10.2. The molecule has 0 aliphatic carbocycles. The number of hydrogen-bond donors (Lipinski definition) is 1. The van der Waals surface area contributed by atoms with E-state index in [2.05, 4.69) is 15.5 Å². The Morgan fingerprint density at radius 2 is 2.07 bits per heavy atom. The number of carbonyl (C=O) groups is 1. The normalized spacial score (nSPS) is 11.0. The summed E-state index contributed by atoms with van der Waals surface area (Å²) in [7, 11) is 1.63. The van der Waals surface area contributed by atoms with Crippen molar-refractivity contribution < 1.29 is 13.9 Å². The van der Waals surface area contributed by atoms with Gasteiger partial charge in [-0.15, -0.1) is 21.5 Å². The number of methoxy groups -OCH3 is 1. The molecule has 0 spiro atoms. The summed E-state index contributed by atoms with van der Waals surface area (Å²) >= 11 is 1.54. The number of thiophene rings is 1. The van der Waals surface area contributed by atoms with Gasteiger partial charge in [0.1, 0.15) is 0 Å². The highest BCUT2D eigenvalue weighted by atomic mass is 32.1. The van der Waals surface area contributed by atoms with Crippen molar-refractivity contribution in [3.05, 3.63) is 59.3 Å². The number of benzene rings is 1. The SMILES string of the molecule is COCCN(CC(=O)NCc1ccccc1)Cc1nnc(-c2cccs2)o1. The molecule has 0 bridgehead atoms. The first kappa shape index (κ1) is 19.2. The van der Waals surface area contributed by atoms with Gasteiger partial charge < -0.3 is 14.5 Å². The zero-order valence-electron chi connectivity index (χ0n) is 15.1. The first-order valence-corrected chi connectivity index (χ1v) is 9.50. The van der Waals surface area contributed by atoms with Crippen LogP contribution in [-0.2, 0) is 22.6 Å². The third-order valence-corrected chi connectivity index (χ3v) is 4.73. The quantitative estimate of drug-likeness (QED) is 0.577. The fraction of sp³-hybridized carbons (Fsp3) is 0.316. The van der Waals surface area contributed by atoms with E-state index in [1.165, 1.54) is 0 Å². The molecule has 3 rings (SSSR count). The molecular weight excluding hydrogens is 364 g/mol. The standard InChI is InChI=1S/C19H22N4O3S/c1-25-10-9-23(13-17(24)20-12-15-6-3-2-4-7-15)14-18-21-22-19(26-18)16-8-5-11-27-16/h2-8,11H,9-10,12-14H2,1H3,(H,20,24). The third kappa shape index (κ3) is 5.99. The summed E-state index contributed by atoms with van der Waals surface area (Å²) in [6, 6.07) is 13.7. The lowest BCUT2D eigenvalue weighted by Crippen LogP contribution is -2.38. The first-order valence-electron chi connectivity index (χ1n) is 8.63. The van der Waals surface area contributed by atoms with Crippen molar-refractivity contribution >= 4 is 17.2 Å². The second-order valence-electron chi connectivity index (χ2n) is 5.94.